The van der Waals surface area contributed by atoms with E-state index in [9.17, 15) is 9.59 Å². The molecule has 0 aliphatic carbocycles. The molecule has 2 saturated heterocycles. The third-order valence-electron chi connectivity index (χ3n) is 3.63. The van der Waals surface area contributed by atoms with Gasteiger partial charge in [0.05, 0.1) is 0 Å². The maximum absolute atomic E-state index is 12.2. The van der Waals surface area contributed by atoms with Gasteiger partial charge in [0, 0.05) is 19.6 Å². The van der Waals surface area contributed by atoms with Crippen molar-refractivity contribution in [1.29, 1.82) is 0 Å². The number of nitrogens with zero attached hydrogens (tertiary/aromatic N) is 2. The van der Waals surface area contributed by atoms with Crippen molar-refractivity contribution in [1.82, 2.24) is 9.80 Å². The van der Waals surface area contributed by atoms with Gasteiger partial charge in [0.1, 0.15) is 6.04 Å². The van der Waals surface area contributed by atoms with Gasteiger partial charge in [0.25, 0.3) is 0 Å². The molecule has 2 amide bonds. The molecule has 4 heteroatoms. The lowest BCUT2D eigenvalue weighted by molar-refractivity contribution is -0.143. The minimum atomic E-state index is -0.177. The highest BCUT2D eigenvalue weighted by molar-refractivity contribution is 5.84. The van der Waals surface area contributed by atoms with E-state index in [0.717, 1.165) is 58.1 Å². The Morgan fingerprint density at radius 3 is 2.38 bits per heavy atom. The van der Waals surface area contributed by atoms with E-state index in [2.05, 4.69) is 0 Å². The van der Waals surface area contributed by atoms with Crippen LogP contribution in [0.25, 0.3) is 0 Å². The van der Waals surface area contributed by atoms with Crippen molar-refractivity contribution in [3.8, 4) is 0 Å². The van der Waals surface area contributed by atoms with Gasteiger partial charge in [-0.05, 0) is 38.5 Å². The van der Waals surface area contributed by atoms with E-state index in [1.807, 2.05) is 4.90 Å². The predicted octanol–water partition coefficient (Wildman–Crippen LogP) is 1.01. The second kappa shape index (κ2) is 5.32. The summed E-state index contributed by atoms with van der Waals surface area (Å²) in [6.07, 6.45) is 7.22. The Labute approximate surface area is 96.6 Å². The lowest BCUT2D eigenvalue weighted by Crippen LogP contribution is -2.51. The number of hydrogen-bond acceptors (Lipinski definition) is 2. The highest BCUT2D eigenvalue weighted by Crippen LogP contribution is 2.19. The molecule has 2 fully saturated rings. The summed E-state index contributed by atoms with van der Waals surface area (Å²) in [5.41, 5.74) is 0. The zero-order valence-electron chi connectivity index (χ0n) is 9.73. The third-order valence-corrected chi connectivity index (χ3v) is 3.63. The number of piperidine rings is 2. The van der Waals surface area contributed by atoms with Crippen LogP contribution in [0.3, 0.4) is 0 Å². The van der Waals surface area contributed by atoms with Crippen LogP contribution < -0.4 is 0 Å². The summed E-state index contributed by atoms with van der Waals surface area (Å²) < 4.78 is 0. The van der Waals surface area contributed by atoms with Crippen LogP contribution in [-0.2, 0) is 9.59 Å². The van der Waals surface area contributed by atoms with Crippen molar-refractivity contribution in [2.75, 3.05) is 19.6 Å². The molecule has 0 spiro atoms. The number of amides is 2. The van der Waals surface area contributed by atoms with Crippen LogP contribution in [0.2, 0.25) is 0 Å². The molecule has 0 bridgehead atoms. The molecule has 2 rings (SSSR count). The number of hydrogen-bond donors (Lipinski definition) is 0. The Bertz CT molecular complexity index is 262. The Morgan fingerprint density at radius 2 is 1.69 bits per heavy atom. The molecule has 2 heterocycles. The summed E-state index contributed by atoms with van der Waals surface area (Å²) in [5.74, 6) is 0.173. The molecule has 90 valence electrons. The fourth-order valence-electron chi connectivity index (χ4n) is 2.67. The molecule has 16 heavy (non-hydrogen) atoms. The van der Waals surface area contributed by atoms with Crippen molar-refractivity contribution in [3.63, 3.8) is 0 Å². The third kappa shape index (κ3) is 2.36. The van der Waals surface area contributed by atoms with Crippen LogP contribution in [0.5, 0.6) is 0 Å². The average molecular weight is 224 g/mol. The molecular weight excluding hydrogens is 204 g/mol. The van der Waals surface area contributed by atoms with E-state index in [4.69, 9.17) is 0 Å². The topological polar surface area (TPSA) is 40.6 Å². The van der Waals surface area contributed by atoms with Gasteiger partial charge in [-0.25, -0.2) is 0 Å². The first kappa shape index (κ1) is 11.4. The van der Waals surface area contributed by atoms with Gasteiger partial charge < -0.3 is 9.80 Å². The highest BCUT2D eigenvalue weighted by atomic mass is 16.2. The maximum atomic E-state index is 12.2. The second-order valence-corrected chi connectivity index (χ2v) is 4.74. The lowest BCUT2D eigenvalue weighted by Gasteiger charge is -2.36. The van der Waals surface area contributed by atoms with Crippen molar-refractivity contribution >= 4 is 12.3 Å². The van der Waals surface area contributed by atoms with Gasteiger partial charge in [0.15, 0.2) is 0 Å². The number of carbonyl (C=O) groups excluding carboxylic acids is 2. The van der Waals surface area contributed by atoms with Crippen molar-refractivity contribution < 1.29 is 9.59 Å². The molecule has 2 aliphatic rings. The van der Waals surface area contributed by atoms with Gasteiger partial charge in [-0.1, -0.05) is 0 Å². The average Bonchev–Trinajstić information content (AvgIpc) is 2.39. The quantitative estimate of drug-likeness (QED) is 0.657. The Kier molecular flexibility index (Phi) is 3.80. The van der Waals surface area contributed by atoms with E-state index < -0.39 is 0 Å². The molecule has 0 aromatic rings. The normalized spacial score (nSPS) is 26.6. The number of rotatable bonds is 2. The molecular formula is C12H20N2O2. The van der Waals surface area contributed by atoms with Crippen LogP contribution >= 0.6 is 0 Å². The van der Waals surface area contributed by atoms with Gasteiger partial charge in [-0.15, -0.1) is 0 Å². The molecule has 1 atom stereocenters. The van der Waals surface area contributed by atoms with Crippen molar-refractivity contribution in [2.24, 2.45) is 0 Å². The maximum Gasteiger partial charge on any atom is 0.245 e. The predicted molar refractivity (Wildman–Crippen MR) is 60.8 cm³/mol. The summed E-state index contributed by atoms with van der Waals surface area (Å²) in [6, 6.07) is -0.177. The summed E-state index contributed by atoms with van der Waals surface area (Å²) in [6.45, 7) is 2.50. The molecule has 0 unspecified atom stereocenters. The lowest BCUT2D eigenvalue weighted by atomic mass is 10.0. The minimum Gasteiger partial charge on any atom is -0.341 e. The zero-order valence-corrected chi connectivity index (χ0v) is 9.73. The standard InChI is InChI=1S/C12H20N2O2/c15-10-14-9-5-2-6-11(14)12(16)13-7-3-1-4-8-13/h10-11H,1-9H2/t11-/m0/s1. The zero-order chi connectivity index (χ0) is 11.4. The first-order valence-corrected chi connectivity index (χ1v) is 6.33. The Hall–Kier alpha value is -1.06. The molecule has 0 saturated carbocycles. The fourth-order valence-corrected chi connectivity index (χ4v) is 2.67. The summed E-state index contributed by atoms with van der Waals surface area (Å²) in [5, 5.41) is 0. The Balaban J connectivity index is 1.97. The summed E-state index contributed by atoms with van der Waals surface area (Å²) >= 11 is 0. The van der Waals surface area contributed by atoms with Crippen LogP contribution in [0.1, 0.15) is 38.5 Å². The van der Waals surface area contributed by atoms with Crippen molar-refractivity contribution in [2.45, 2.75) is 44.6 Å². The molecule has 0 radical (unpaired) electrons. The molecule has 0 aromatic heterocycles. The molecule has 0 N–H and O–H groups in total. The largest absolute Gasteiger partial charge is 0.341 e. The fraction of sp³-hybridized carbons (Fsp3) is 0.833. The van der Waals surface area contributed by atoms with E-state index in [1.165, 1.54) is 6.42 Å². The van der Waals surface area contributed by atoms with Crippen LogP contribution in [0.15, 0.2) is 0 Å². The summed E-state index contributed by atoms with van der Waals surface area (Å²) in [4.78, 5) is 26.8. The van der Waals surface area contributed by atoms with E-state index >= 15 is 0 Å². The smallest absolute Gasteiger partial charge is 0.245 e. The van der Waals surface area contributed by atoms with Gasteiger partial charge in [0.2, 0.25) is 12.3 Å². The number of likely N-dealkylation sites (tertiary alicyclic amines) is 2. The monoisotopic (exact) mass is 224 g/mol. The minimum absolute atomic E-state index is 0.173. The first-order valence-electron chi connectivity index (χ1n) is 6.33. The first-order chi connectivity index (χ1) is 7.83. The van der Waals surface area contributed by atoms with Gasteiger partial charge in [-0.3, -0.25) is 9.59 Å². The van der Waals surface area contributed by atoms with Gasteiger partial charge >= 0.3 is 0 Å². The van der Waals surface area contributed by atoms with Crippen LogP contribution in [0, 0.1) is 0 Å². The van der Waals surface area contributed by atoms with E-state index in [1.54, 1.807) is 4.90 Å². The van der Waals surface area contributed by atoms with E-state index in [-0.39, 0.29) is 11.9 Å². The molecule has 0 aromatic carbocycles. The van der Waals surface area contributed by atoms with E-state index in [0.29, 0.717) is 0 Å². The molecule has 2 aliphatic heterocycles. The summed E-state index contributed by atoms with van der Waals surface area (Å²) in [7, 11) is 0. The Morgan fingerprint density at radius 1 is 1.00 bits per heavy atom. The molecule has 4 nitrogen and oxygen atoms in total. The van der Waals surface area contributed by atoms with Crippen molar-refractivity contribution in [3.05, 3.63) is 0 Å². The van der Waals surface area contributed by atoms with Crippen LogP contribution in [-0.4, -0.2) is 47.8 Å². The highest BCUT2D eigenvalue weighted by Gasteiger charge is 2.31. The van der Waals surface area contributed by atoms with Gasteiger partial charge in [-0.2, -0.15) is 0 Å². The SMILES string of the molecule is O=CN1CCCC[C@H]1C(=O)N1CCCCC1. The second-order valence-electron chi connectivity index (χ2n) is 4.74. The van der Waals surface area contributed by atoms with Crippen LogP contribution in [0.4, 0.5) is 0 Å². The number of carbonyl (C=O) groups is 2.